The minimum atomic E-state index is -0.570. The Hall–Kier alpha value is -3.08. The maximum Gasteiger partial charge on any atom is 0.339 e. The first-order valence-electron chi connectivity index (χ1n) is 7.03. The van der Waals surface area contributed by atoms with Gasteiger partial charge in [0.2, 0.25) is 0 Å². The molecule has 0 atom stereocenters. The molecule has 0 amide bonds. The van der Waals surface area contributed by atoms with Crippen molar-refractivity contribution in [3.63, 3.8) is 0 Å². The molecule has 0 unspecified atom stereocenters. The molecule has 3 rings (SSSR count). The van der Waals surface area contributed by atoms with E-state index in [1.165, 1.54) is 14.2 Å². The number of nitrogens with zero attached hydrogens (tertiary/aromatic N) is 1. The van der Waals surface area contributed by atoms with Crippen molar-refractivity contribution in [2.45, 2.75) is 0 Å². The second kappa shape index (κ2) is 5.96. The van der Waals surface area contributed by atoms with Crippen LogP contribution in [-0.2, 0) is 9.47 Å². The Morgan fingerprint density at radius 1 is 0.870 bits per heavy atom. The van der Waals surface area contributed by atoms with Crippen LogP contribution >= 0.6 is 0 Å². The topological polar surface area (TPSA) is 57.5 Å². The molecular formula is C18H15NO4. The molecule has 1 aromatic heterocycles. The third kappa shape index (κ3) is 2.46. The van der Waals surface area contributed by atoms with Gasteiger partial charge in [0, 0.05) is 17.3 Å². The number of para-hydroxylation sites is 1. The van der Waals surface area contributed by atoms with Gasteiger partial charge in [-0.2, -0.15) is 0 Å². The summed E-state index contributed by atoms with van der Waals surface area (Å²) >= 11 is 0. The Morgan fingerprint density at radius 3 is 2.22 bits per heavy atom. The van der Waals surface area contributed by atoms with Crippen molar-refractivity contribution < 1.29 is 19.1 Å². The summed E-state index contributed by atoms with van der Waals surface area (Å²) in [4.78, 5) is 24.1. The third-order valence-electron chi connectivity index (χ3n) is 3.70. The monoisotopic (exact) mass is 309 g/mol. The Bertz CT molecular complexity index is 881. The molecule has 0 saturated carbocycles. The van der Waals surface area contributed by atoms with Crippen LogP contribution in [0.2, 0.25) is 0 Å². The Labute approximate surface area is 133 Å². The highest BCUT2D eigenvalue weighted by Crippen LogP contribution is 2.27. The molecular weight excluding hydrogens is 294 g/mol. The van der Waals surface area contributed by atoms with Crippen molar-refractivity contribution in [3.05, 3.63) is 65.9 Å². The lowest BCUT2D eigenvalue weighted by atomic mass is 10.0. The molecule has 23 heavy (non-hydrogen) atoms. The number of carbonyl (C=O) groups is 2. The quantitative estimate of drug-likeness (QED) is 0.697. The average molecular weight is 309 g/mol. The van der Waals surface area contributed by atoms with E-state index in [1.807, 2.05) is 41.1 Å². The molecule has 0 saturated heterocycles. The van der Waals surface area contributed by atoms with Gasteiger partial charge < -0.3 is 14.0 Å². The fourth-order valence-electron chi connectivity index (χ4n) is 2.63. The molecule has 5 nitrogen and oxygen atoms in total. The third-order valence-corrected chi connectivity index (χ3v) is 3.70. The summed E-state index contributed by atoms with van der Waals surface area (Å²) in [5.74, 6) is -1.14. The van der Waals surface area contributed by atoms with Gasteiger partial charge in [-0.15, -0.1) is 0 Å². The Kier molecular flexibility index (Phi) is 3.85. The van der Waals surface area contributed by atoms with Crippen LogP contribution in [0.4, 0.5) is 0 Å². The van der Waals surface area contributed by atoms with Crippen LogP contribution < -0.4 is 0 Å². The van der Waals surface area contributed by atoms with Crippen LogP contribution in [0.25, 0.3) is 16.6 Å². The van der Waals surface area contributed by atoms with Crippen molar-refractivity contribution in [1.29, 1.82) is 0 Å². The van der Waals surface area contributed by atoms with Gasteiger partial charge in [-0.3, -0.25) is 0 Å². The predicted octanol–water partition coefficient (Wildman–Crippen LogP) is 3.20. The zero-order chi connectivity index (χ0) is 16.4. The molecule has 1 heterocycles. The molecule has 0 aliphatic heterocycles. The molecule has 116 valence electrons. The van der Waals surface area contributed by atoms with E-state index in [0.29, 0.717) is 5.39 Å². The normalized spacial score (nSPS) is 10.5. The molecule has 5 heteroatoms. The van der Waals surface area contributed by atoms with Crippen LogP contribution in [0.5, 0.6) is 0 Å². The van der Waals surface area contributed by atoms with Gasteiger partial charge in [-0.05, 0) is 30.3 Å². The number of hydrogen-bond donors (Lipinski definition) is 0. The standard InChI is InChI=1S/C18H15NO4/c1-22-17(20)14-8-9-15-13(16(14)18(21)23-2)10-11-19(15)12-6-4-3-5-7-12/h3-11H,1-2H3. The van der Waals surface area contributed by atoms with E-state index in [9.17, 15) is 9.59 Å². The lowest BCUT2D eigenvalue weighted by Gasteiger charge is -2.10. The number of fused-ring (bicyclic) bond motifs is 1. The first-order valence-corrected chi connectivity index (χ1v) is 7.03. The van der Waals surface area contributed by atoms with Crippen molar-refractivity contribution >= 4 is 22.8 Å². The molecule has 0 bridgehead atoms. The summed E-state index contributed by atoms with van der Waals surface area (Å²) in [5.41, 5.74) is 2.18. The molecule has 0 fully saturated rings. The summed E-state index contributed by atoms with van der Waals surface area (Å²) < 4.78 is 11.5. The second-order valence-corrected chi connectivity index (χ2v) is 4.93. The number of carbonyl (C=O) groups excluding carboxylic acids is 2. The van der Waals surface area contributed by atoms with E-state index < -0.39 is 11.9 Å². The van der Waals surface area contributed by atoms with Gasteiger partial charge in [-0.25, -0.2) is 9.59 Å². The summed E-state index contributed by atoms with van der Waals surface area (Å²) in [5, 5.41) is 0.642. The second-order valence-electron chi connectivity index (χ2n) is 4.93. The van der Waals surface area contributed by atoms with Crippen molar-refractivity contribution in [2.24, 2.45) is 0 Å². The summed E-state index contributed by atoms with van der Waals surface area (Å²) in [7, 11) is 2.57. The number of esters is 2. The SMILES string of the molecule is COC(=O)c1ccc2c(ccn2-c2ccccc2)c1C(=O)OC. The van der Waals surface area contributed by atoms with E-state index in [-0.39, 0.29) is 11.1 Å². The highest BCUT2D eigenvalue weighted by Gasteiger charge is 2.22. The predicted molar refractivity (Wildman–Crippen MR) is 86.0 cm³/mol. The smallest absolute Gasteiger partial charge is 0.339 e. The number of hydrogen-bond acceptors (Lipinski definition) is 4. The number of methoxy groups -OCH3 is 2. The molecule has 0 N–H and O–H groups in total. The van der Waals surface area contributed by atoms with Crippen LogP contribution in [0.1, 0.15) is 20.7 Å². The fourth-order valence-corrected chi connectivity index (χ4v) is 2.63. The zero-order valence-corrected chi connectivity index (χ0v) is 12.8. The van der Waals surface area contributed by atoms with Crippen LogP contribution in [-0.4, -0.2) is 30.7 Å². The zero-order valence-electron chi connectivity index (χ0n) is 12.8. The average Bonchev–Trinajstić information content (AvgIpc) is 3.04. The first-order chi connectivity index (χ1) is 11.2. The number of aromatic nitrogens is 1. The Balaban J connectivity index is 2.28. The van der Waals surface area contributed by atoms with E-state index in [0.717, 1.165) is 11.2 Å². The van der Waals surface area contributed by atoms with E-state index in [2.05, 4.69) is 0 Å². The highest BCUT2D eigenvalue weighted by atomic mass is 16.5. The maximum atomic E-state index is 12.2. The molecule has 2 aromatic carbocycles. The van der Waals surface area contributed by atoms with Crippen molar-refractivity contribution in [2.75, 3.05) is 14.2 Å². The largest absolute Gasteiger partial charge is 0.465 e. The number of ether oxygens (including phenoxy) is 2. The highest BCUT2D eigenvalue weighted by molar-refractivity contribution is 6.12. The minimum absolute atomic E-state index is 0.192. The summed E-state index contributed by atoms with van der Waals surface area (Å²) in [6.45, 7) is 0. The van der Waals surface area contributed by atoms with E-state index in [4.69, 9.17) is 9.47 Å². The van der Waals surface area contributed by atoms with Crippen LogP contribution in [0, 0.1) is 0 Å². The van der Waals surface area contributed by atoms with Gasteiger partial charge in [0.1, 0.15) is 0 Å². The fraction of sp³-hybridized carbons (Fsp3) is 0.111. The number of rotatable bonds is 3. The van der Waals surface area contributed by atoms with Gasteiger partial charge >= 0.3 is 11.9 Å². The summed E-state index contributed by atoms with van der Waals surface area (Å²) in [6.07, 6.45) is 1.85. The van der Waals surface area contributed by atoms with Crippen LogP contribution in [0.3, 0.4) is 0 Å². The number of benzene rings is 2. The van der Waals surface area contributed by atoms with Crippen molar-refractivity contribution in [1.82, 2.24) is 4.57 Å². The molecule has 0 spiro atoms. The van der Waals surface area contributed by atoms with Crippen LogP contribution in [0.15, 0.2) is 54.7 Å². The maximum absolute atomic E-state index is 12.2. The van der Waals surface area contributed by atoms with Crippen molar-refractivity contribution in [3.8, 4) is 5.69 Å². The molecule has 0 aliphatic carbocycles. The van der Waals surface area contributed by atoms with E-state index in [1.54, 1.807) is 18.2 Å². The molecule has 0 radical (unpaired) electrons. The van der Waals surface area contributed by atoms with Gasteiger partial charge in [0.25, 0.3) is 0 Å². The minimum Gasteiger partial charge on any atom is -0.465 e. The van der Waals surface area contributed by atoms with E-state index >= 15 is 0 Å². The van der Waals surface area contributed by atoms with Gasteiger partial charge in [0.15, 0.2) is 0 Å². The summed E-state index contributed by atoms with van der Waals surface area (Å²) in [6, 6.07) is 14.9. The molecule has 3 aromatic rings. The molecule has 0 aliphatic rings. The lowest BCUT2D eigenvalue weighted by molar-refractivity contribution is 0.0557. The first kappa shape index (κ1) is 14.8. The van der Waals surface area contributed by atoms with Gasteiger partial charge in [-0.1, -0.05) is 18.2 Å². The van der Waals surface area contributed by atoms with Gasteiger partial charge in [0.05, 0.1) is 30.9 Å². The Morgan fingerprint density at radius 2 is 1.57 bits per heavy atom. The lowest BCUT2D eigenvalue weighted by Crippen LogP contribution is -2.12.